The molecule has 4 saturated carbocycles. The predicted octanol–water partition coefficient (Wildman–Crippen LogP) is 3.54. The number of amides is 1. The van der Waals surface area contributed by atoms with Gasteiger partial charge in [-0.15, -0.1) is 0 Å². The van der Waals surface area contributed by atoms with Crippen LogP contribution in [0, 0.1) is 40.4 Å². The van der Waals surface area contributed by atoms with Crippen molar-refractivity contribution in [2.24, 2.45) is 45.5 Å². The van der Waals surface area contributed by atoms with Gasteiger partial charge in [0.25, 0.3) is 5.91 Å². The Kier molecular flexibility index (Phi) is 6.96. The normalized spacial score (nSPS) is 51.7. The Morgan fingerprint density at radius 1 is 1.02 bits per heavy atom. The second-order valence-electron chi connectivity index (χ2n) is 16.7. The van der Waals surface area contributed by atoms with E-state index >= 15 is 0 Å². The first-order valence-electron chi connectivity index (χ1n) is 18.1. The van der Waals surface area contributed by atoms with Gasteiger partial charge in [-0.05, 0) is 86.5 Å². The van der Waals surface area contributed by atoms with E-state index in [1.807, 2.05) is 12.1 Å². The highest BCUT2D eigenvalue weighted by molar-refractivity contribution is 5.94. The zero-order valence-electron chi connectivity index (χ0n) is 28.0. The molecule has 0 radical (unpaired) electrons. The number of nitrogens with one attached hydrogen (secondary N) is 1. The topological polar surface area (TPSA) is 157 Å². The lowest BCUT2D eigenvalue weighted by Crippen LogP contribution is -2.69. The monoisotopic (exact) mass is 663 g/mol. The Morgan fingerprint density at radius 3 is 2.58 bits per heavy atom. The van der Waals surface area contributed by atoms with E-state index in [-0.39, 0.29) is 60.2 Å². The summed E-state index contributed by atoms with van der Waals surface area (Å²) >= 11 is 0. The van der Waals surface area contributed by atoms with E-state index in [9.17, 15) is 20.1 Å². The number of benzene rings is 1. The predicted molar refractivity (Wildman–Crippen MR) is 174 cm³/mol. The van der Waals surface area contributed by atoms with Crippen molar-refractivity contribution in [3.05, 3.63) is 42.0 Å². The van der Waals surface area contributed by atoms with E-state index in [0.717, 1.165) is 56.3 Å². The molecule has 15 atom stereocenters. The van der Waals surface area contributed by atoms with Crippen LogP contribution in [0.2, 0.25) is 0 Å². The van der Waals surface area contributed by atoms with E-state index in [4.69, 9.17) is 24.5 Å². The molecule has 1 amide bonds. The fourth-order valence-electron chi connectivity index (χ4n) is 12.6. The van der Waals surface area contributed by atoms with Gasteiger partial charge in [-0.25, -0.2) is 5.48 Å². The standard InChI is InChI=1S/C37H49N3O8/c1-19-24(8-9-28-30(19)47-18-46-28)27-17-26(38-40(27)22-6-4-20(5-7-22)33(44)39-45)25-12-15-37-35(25,3)32(43)29(42)31-34(2)13-11-23(41)16-21(34)10-14-36(31,37)48-37/h4-9,19,21,23-25,27-32,41-43,45H,10-18H2,1-3H3,(H,39,44)/t19?,21?,23-,24?,25?,27?,28?,29-,30?,31?,32+,34-,35-,36-,37?/m0/s1. The highest BCUT2D eigenvalue weighted by Crippen LogP contribution is 2.81. The van der Waals surface area contributed by atoms with Crippen molar-refractivity contribution >= 4 is 17.3 Å². The molecule has 0 aromatic heterocycles. The number of hydrogen-bond donors (Lipinski definition) is 5. The maximum Gasteiger partial charge on any atom is 0.274 e. The Morgan fingerprint density at radius 2 is 1.81 bits per heavy atom. The van der Waals surface area contributed by atoms with Gasteiger partial charge < -0.3 is 29.5 Å². The number of hydrazone groups is 1. The van der Waals surface area contributed by atoms with Crippen LogP contribution in [0.4, 0.5) is 5.69 Å². The molecule has 48 heavy (non-hydrogen) atoms. The third kappa shape index (κ3) is 3.90. The molecule has 1 aromatic carbocycles. The minimum absolute atomic E-state index is 0.0374. The number of aliphatic hydroxyl groups is 3. The van der Waals surface area contributed by atoms with Gasteiger partial charge in [0.05, 0.1) is 36.1 Å². The number of anilines is 1. The number of hydroxylamine groups is 1. The second-order valence-corrected chi connectivity index (χ2v) is 16.7. The zero-order chi connectivity index (χ0) is 33.4. The molecule has 5 aliphatic carbocycles. The average Bonchev–Trinajstić information content (AvgIpc) is 3.45. The van der Waals surface area contributed by atoms with Crippen molar-refractivity contribution in [1.82, 2.24) is 5.48 Å². The molecule has 260 valence electrons. The van der Waals surface area contributed by atoms with Gasteiger partial charge in [0.2, 0.25) is 0 Å². The SMILES string of the molecule is CC1C(C2CC(C3CCC45O[C@]46CCC4C[C@@H](O)CC[C@]4(C)C6[C@H](O)[C@@H](O)[C@]35C)=NN2c2ccc(C(=O)NO)cc2)C=CC2OCOC21. The first kappa shape index (κ1) is 31.6. The van der Waals surface area contributed by atoms with Crippen molar-refractivity contribution in [3.63, 3.8) is 0 Å². The number of nitrogens with zero attached hydrogens (tertiary/aromatic N) is 2. The molecule has 5 N–H and O–H groups in total. The molecule has 11 heteroatoms. The van der Waals surface area contributed by atoms with Crippen molar-refractivity contribution in [2.45, 2.75) is 120 Å². The highest BCUT2D eigenvalue weighted by atomic mass is 16.7. The maximum atomic E-state index is 12.3. The number of epoxide rings is 1. The Labute approximate surface area is 281 Å². The average molecular weight is 664 g/mol. The van der Waals surface area contributed by atoms with Crippen LogP contribution in [0.15, 0.2) is 41.5 Å². The molecular weight excluding hydrogens is 614 g/mol. The first-order chi connectivity index (χ1) is 23.0. The maximum absolute atomic E-state index is 12.3. The van der Waals surface area contributed by atoms with Crippen LogP contribution in [-0.2, 0) is 14.2 Å². The van der Waals surface area contributed by atoms with E-state index in [1.54, 1.807) is 17.6 Å². The molecule has 1 aromatic rings. The second kappa shape index (κ2) is 10.6. The van der Waals surface area contributed by atoms with Crippen LogP contribution in [-0.4, -0.2) is 86.7 Å². The number of carbonyl (C=O) groups is 1. The summed E-state index contributed by atoms with van der Waals surface area (Å²) < 4.78 is 18.9. The van der Waals surface area contributed by atoms with Gasteiger partial charge in [0, 0.05) is 40.9 Å². The molecule has 11 nitrogen and oxygen atoms in total. The van der Waals surface area contributed by atoms with Crippen LogP contribution < -0.4 is 10.5 Å². The molecule has 2 spiro atoms. The summed E-state index contributed by atoms with van der Waals surface area (Å²) in [6.45, 7) is 6.91. The van der Waals surface area contributed by atoms with Gasteiger partial charge in [-0.2, -0.15) is 5.10 Å². The summed E-state index contributed by atoms with van der Waals surface area (Å²) in [6.07, 6.45) is 8.51. The van der Waals surface area contributed by atoms with E-state index in [2.05, 4.69) is 37.9 Å². The fraction of sp³-hybridized carbons (Fsp3) is 0.730. The summed E-state index contributed by atoms with van der Waals surface area (Å²) in [6, 6.07) is 7.06. The summed E-state index contributed by atoms with van der Waals surface area (Å²) in [7, 11) is 0. The Bertz CT molecular complexity index is 1550. The summed E-state index contributed by atoms with van der Waals surface area (Å²) in [5, 5.41) is 51.6. The van der Waals surface area contributed by atoms with Gasteiger partial charge >= 0.3 is 0 Å². The lowest BCUT2D eigenvalue weighted by molar-refractivity contribution is -0.192. The first-order valence-corrected chi connectivity index (χ1v) is 18.1. The van der Waals surface area contributed by atoms with Crippen LogP contribution in [0.1, 0.15) is 82.5 Å². The minimum Gasteiger partial charge on any atom is -0.393 e. The summed E-state index contributed by atoms with van der Waals surface area (Å²) in [5.74, 6) is -0.256. The lowest BCUT2D eigenvalue weighted by atomic mass is 9.43. The van der Waals surface area contributed by atoms with Gasteiger partial charge in [0.15, 0.2) is 0 Å². The number of fused-ring (bicyclic) bond motifs is 3. The van der Waals surface area contributed by atoms with Crippen LogP contribution in [0.3, 0.4) is 0 Å². The zero-order valence-corrected chi connectivity index (χ0v) is 28.0. The van der Waals surface area contributed by atoms with Gasteiger partial charge in [-0.3, -0.25) is 15.0 Å². The molecular formula is C37H49N3O8. The summed E-state index contributed by atoms with van der Waals surface area (Å²) in [5.41, 5.74) is 1.99. The molecule has 9 unspecified atom stereocenters. The largest absolute Gasteiger partial charge is 0.393 e. The Hall–Kier alpha value is -2.38. The number of rotatable bonds is 4. The van der Waals surface area contributed by atoms with E-state index in [0.29, 0.717) is 17.9 Å². The van der Waals surface area contributed by atoms with Crippen LogP contribution >= 0.6 is 0 Å². The molecule has 9 rings (SSSR count). The van der Waals surface area contributed by atoms with Crippen molar-refractivity contribution in [1.29, 1.82) is 0 Å². The number of carbonyl (C=O) groups excluding carboxylic acids is 1. The van der Waals surface area contributed by atoms with Gasteiger partial charge in [0.1, 0.15) is 24.1 Å². The van der Waals surface area contributed by atoms with Gasteiger partial charge in [-0.1, -0.05) is 32.9 Å². The van der Waals surface area contributed by atoms with Crippen LogP contribution in [0.25, 0.3) is 0 Å². The highest BCUT2D eigenvalue weighted by Gasteiger charge is 2.90. The molecule has 8 aliphatic rings. The quantitative estimate of drug-likeness (QED) is 0.141. The van der Waals surface area contributed by atoms with Crippen molar-refractivity contribution < 1.29 is 39.5 Å². The molecule has 3 heterocycles. The van der Waals surface area contributed by atoms with Crippen LogP contribution in [0.5, 0.6) is 0 Å². The number of aliphatic hydroxyl groups excluding tert-OH is 3. The molecule has 6 fully saturated rings. The number of hydrogen-bond acceptors (Lipinski definition) is 10. The smallest absolute Gasteiger partial charge is 0.274 e. The van der Waals surface area contributed by atoms with Crippen molar-refractivity contribution in [3.8, 4) is 0 Å². The third-order valence-electron chi connectivity index (χ3n) is 15.0. The molecule has 2 saturated heterocycles. The lowest BCUT2D eigenvalue weighted by Gasteiger charge is -2.60. The van der Waals surface area contributed by atoms with E-state index in [1.165, 1.54) is 0 Å². The molecule has 0 bridgehead atoms. The Balaban J connectivity index is 1.07. The van der Waals surface area contributed by atoms with E-state index < -0.39 is 34.7 Å². The summed E-state index contributed by atoms with van der Waals surface area (Å²) in [4.78, 5) is 12.1. The number of ether oxygens (including phenoxy) is 3. The third-order valence-corrected chi connectivity index (χ3v) is 15.0. The minimum atomic E-state index is -0.974. The van der Waals surface area contributed by atoms with Crippen molar-refractivity contribution in [2.75, 3.05) is 11.8 Å². The fourth-order valence-corrected chi connectivity index (χ4v) is 12.6. The molecule has 3 aliphatic heterocycles.